The number of pyridine rings is 1. The summed E-state index contributed by atoms with van der Waals surface area (Å²) in [5.41, 5.74) is 1.02. The van der Waals surface area contributed by atoms with Crippen LogP contribution in [0.3, 0.4) is 0 Å². The van der Waals surface area contributed by atoms with Gasteiger partial charge in [-0.05, 0) is 31.5 Å². The molecule has 1 fully saturated rings. The fourth-order valence-corrected chi connectivity index (χ4v) is 1.89. The Bertz CT molecular complexity index is 339. The SMILES string of the molecule is Cl.O=C(NCCc1ccccn1)C1CCCN1. The number of rotatable bonds is 4. The van der Waals surface area contributed by atoms with E-state index < -0.39 is 0 Å². The monoisotopic (exact) mass is 255 g/mol. The van der Waals surface area contributed by atoms with Crippen LogP contribution in [0.4, 0.5) is 0 Å². The third-order valence-corrected chi connectivity index (χ3v) is 2.78. The number of hydrogen-bond acceptors (Lipinski definition) is 3. The minimum Gasteiger partial charge on any atom is -0.354 e. The molecule has 1 aromatic rings. The molecular weight excluding hydrogens is 238 g/mol. The van der Waals surface area contributed by atoms with E-state index in [1.165, 1.54) is 0 Å². The van der Waals surface area contributed by atoms with Crippen LogP contribution in [-0.2, 0) is 11.2 Å². The van der Waals surface area contributed by atoms with Gasteiger partial charge in [0, 0.05) is 24.9 Å². The van der Waals surface area contributed by atoms with Crippen LogP contribution in [0.25, 0.3) is 0 Å². The predicted molar refractivity (Wildman–Crippen MR) is 69.2 cm³/mol. The standard InChI is InChI=1S/C12H17N3O.ClH/c16-12(11-5-3-8-14-11)15-9-6-10-4-1-2-7-13-10;/h1-2,4,7,11,14H,3,5-6,8-9H2,(H,15,16);1H. The number of aromatic nitrogens is 1. The van der Waals surface area contributed by atoms with Crippen molar-refractivity contribution < 1.29 is 4.79 Å². The zero-order chi connectivity index (χ0) is 11.2. The molecule has 94 valence electrons. The van der Waals surface area contributed by atoms with Crippen molar-refractivity contribution in [1.29, 1.82) is 0 Å². The molecule has 1 aromatic heterocycles. The summed E-state index contributed by atoms with van der Waals surface area (Å²) in [5.74, 6) is 0.119. The van der Waals surface area contributed by atoms with Gasteiger partial charge in [0.2, 0.25) is 5.91 Å². The second kappa shape index (κ2) is 7.25. The molecule has 17 heavy (non-hydrogen) atoms. The lowest BCUT2D eigenvalue weighted by atomic mass is 10.2. The molecule has 1 unspecified atom stereocenters. The maximum absolute atomic E-state index is 11.6. The zero-order valence-corrected chi connectivity index (χ0v) is 10.5. The number of carbonyl (C=O) groups excluding carboxylic acids is 1. The Balaban J connectivity index is 0.00000144. The first kappa shape index (κ1) is 13.9. The maximum Gasteiger partial charge on any atom is 0.237 e. The van der Waals surface area contributed by atoms with Gasteiger partial charge in [-0.3, -0.25) is 9.78 Å². The molecule has 2 rings (SSSR count). The van der Waals surface area contributed by atoms with Gasteiger partial charge in [0.05, 0.1) is 6.04 Å². The summed E-state index contributed by atoms with van der Waals surface area (Å²) in [6.45, 7) is 1.62. The molecule has 1 atom stereocenters. The predicted octanol–water partition coefficient (Wildman–Crippen LogP) is 0.914. The third-order valence-electron chi connectivity index (χ3n) is 2.78. The van der Waals surface area contributed by atoms with E-state index in [9.17, 15) is 4.79 Å². The highest BCUT2D eigenvalue weighted by Crippen LogP contribution is 2.04. The first-order chi connectivity index (χ1) is 7.86. The molecule has 1 aliphatic heterocycles. The molecule has 0 radical (unpaired) electrons. The second-order valence-corrected chi connectivity index (χ2v) is 4.01. The normalized spacial score (nSPS) is 18.5. The summed E-state index contributed by atoms with van der Waals surface area (Å²) in [5, 5.41) is 6.11. The van der Waals surface area contributed by atoms with Crippen molar-refractivity contribution in [1.82, 2.24) is 15.6 Å². The maximum atomic E-state index is 11.6. The largest absolute Gasteiger partial charge is 0.354 e. The van der Waals surface area contributed by atoms with Gasteiger partial charge < -0.3 is 10.6 Å². The van der Waals surface area contributed by atoms with Crippen molar-refractivity contribution in [2.75, 3.05) is 13.1 Å². The Hall–Kier alpha value is -1.13. The minimum absolute atomic E-state index is 0. The van der Waals surface area contributed by atoms with Crippen LogP contribution in [-0.4, -0.2) is 30.0 Å². The van der Waals surface area contributed by atoms with Crippen molar-refractivity contribution in [3.8, 4) is 0 Å². The number of nitrogens with zero attached hydrogens (tertiary/aromatic N) is 1. The minimum atomic E-state index is 0. The fourth-order valence-electron chi connectivity index (χ4n) is 1.89. The zero-order valence-electron chi connectivity index (χ0n) is 9.69. The highest BCUT2D eigenvalue weighted by molar-refractivity contribution is 5.85. The van der Waals surface area contributed by atoms with Crippen LogP contribution >= 0.6 is 12.4 Å². The number of carbonyl (C=O) groups is 1. The fraction of sp³-hybridized carbons (Fsp3) is 0.500. The van der Waals surface area contributed by atoms with E-state index in [0.717, 1.165) is 31.5 Å². The number of amides is 1. The molecule has 1 aliphatic rings. The first-order valence-electron chi connectivity index (χ1n) is 5.77. The lowest BCUT2D eigenvalue weighted by molar-refractivity contribution is -0.122. The summed E-state index contributed by atoms with van der Waals surface area (Å²) >= 11 is 0. The molecule has 0 bridgehead atoms. The lowest BCUT2D eigenvalue weighted by Crippen LogP contribution is -2.41. The van der Waals surface area contributed by atoms with E-state index in [1.54, 1.807) is 6.20 Å². The van der Waals surface area contributed by atoms with Crippen molar-refractivity contribution in [3.05, 3.63) is 30.1 Å². The molecule has 1 saturated heterocycles. The van der Waals surface area contributed by atoms with E-state index in [0.29, 0.717) is 6.54 Å². The van der Waals surface area contributed by atoms with Crippen LogP contribution < -0.4 is 10.6 Å². The number of hydrogen-bond donors (Lipinski definition) is 2. The summed E-state index contributed by atoms with van der Waals surface area (Å²) in [7, 11) is 0. The average Bonchev–Trinajstić information content (AvgIpc) is 2.84. The molecule has 5 heteroatoms. The lowest BCUT2D eigenvalue weighted by Gasteiger charge is -2.10. The van der Waals surface area contributed by atoms with Gasteiger partial charge in [0.1, 0.15) is 0 Å². The van der Waals surface area contributed by atoms with Gasteiger partial charge in [0.25, 0.3) is 0 Å². The smallest absolute Gasteiger partial charge is 0.237 e. The molecule has 2 N–H and O–H groups in total. The van der Waals surface area contributed by atoms with Crippen LogP contribution in [0.1, 0.15) is 18.5 Å². The average molecular weight is 256 g/mol. The van der Waals surface area contributed by atoms with Gasteiger partial charge in [-0.15, -0.1) is 12.4 Å². The van der Waals surface area contributed by atoms with Gasteiger partial charge in [-0.1, -0.05) is 6.07 Å². The van der Waals surface area contributed by atoms with E-state index in [4.69, 9.17) is 0 Å². The van der Waals surface area contributed by atoms with Crippen LogP contribution in [0.2, 0.25) is 0 Å². The Morgan fingerprint density at radius 2 is 2.41 bits per heavy atom. The van der Waals surface area contributed by atoms with Gasteiger partial charge in [-0.2, -0.15) is 0 Å². The first-order valence-corrected chi connectivity index (χ1v) is 5.77. The van der Waals surface area contributed by atoms with Crippen LogP contribution in [0.5, 0.6) is 0 Å². The quantitative estimate of drug-likeness (QED) is 0.841. The Morgan fingerprint density at radius 3 is 3.06 bits per heavy atom. The Morgan fingerprint density at radius 1 is 1.53 bits per heavy atom. The Kier molecular flexibility index (Phi) is 5.94. The molecule has 4 nitrogen and oxygen atoms in total. The van der Waals surface area contributed by atoms with Crippen molar-refractivity contribution in [3.63, 3.8) is 0 Å². The van der Waals surface area contributed by atoms with Gasteiger partial charge in [0.15, 0.2) is 0 Å². The van der Waals surface area contributed by atoms with Crippen molar-refractivity contribution >= 4 is 18.3 Å². The summed E-state index contributed by atoms with van der Waals surface area (Å²) in [4.78, 5) is 15.8. The highest BCUT2D eigenvalue weighted by Gasteiger charge is 2.21. The molecule has 0 aromatic carbocycles. The molecule has 1 amide bonds. The van der Waals surface area contributed by atoms with Gasteiger partial charge in [-0.25, -0.2) is 0 Å². The summed E-state index contributed by atoms with van der Waals surface area (Å²) in [6.07, 6.45) is 4.61. The number of halogens is 1. The van der Waals surface area contributed by atoms with Crippen molar-refractivity contribution in [2.24, 2.45) is 0 Å². The van der Waals surface area contributed by atoms with Crippen LogP contribution in [0.15, 0.2) is 24.4 Å². The molecular formula is C12H18ClN3O. The molecule has 2 heterocycles. The Labute approximate surface area is 108 Å². The number of nitrogens with one attached hydrogen (secondary N) is 2. The molecule has 0 aliphatic carbocycles. The van der Waals surface area contributed by atoms with E-state index in [-0.39, 0.29) is 24.4 Å². The highest BCUT2D eigenvalue weighted by atomic mass is 35.5. The van der Waals surface area contributed by atoms with E-state index in [2.05, 4.69) is 15.6 Å². The van der Waals surface area contributed by atoms with Crippen molar-refractivity contribution in [2.45, 2.75) is 25.3 Å². The summed E-state index contributed by atoms with van der Waals surface area (Å²) < 4.78 is 0. The van der Waals surface area contributed by atoms with E-state index >= 15 is 0 Å². The second-order valence-electron chi connectivity index (χ2n) is 4.01. The van der Waals surface area contributed by atoms with Gasteiger partial charge >= 0.3 is 0 Å². The molecule has 0 saturated carbocycles. The summed E-state index contributed by atoms with van der Waals surface area (Å²) in [6, 6.07) is 5.84. The van der Waals surface area contributed by atoms with Crippen LogP contribution in [0, 0.1) is 0 Å². The topological polar surface area (TPSA) is 54.0 Å². The third kappa shape index (κ3) is 4.32. The van der Waals surface area contributed by atoms with E-state index in [1.807, 2.05) is 18.2 Å². The molecule has 0 spiro atoms.